The van der Waals surface area contributed by atoms with E-state index in [1.807, 2.05) is 43.5 Å². The second-order valence-corrected chi connectivity index (χ2v) is 6.92. The van der Waals surface area contributed by atoms with E-state index in [9.17, 15) is 9.59 Å². The number of nitrogens with zero attached hydrogens (tertiary/aromatic N) is 3. The highest BCUT2D eigenvalue weighted by Gasteiger charge is 2.49. The Morgan fingerprint density at radius 3 is 2.61 bits per heavy atom. The van der Waals surface area contributed by atoms with E-state index in [2.05, 4.69) is 10.4 Å². The zero-order valence-corrected chi connectivity index (χ0v) is 15.8. The van der Waals surface area contributed by atoms with Crippen molar-refractivity contribution in [2.45, 2.75) is 19.4 Å². The van der Waals surface area contributed by atoms with Crippen LogP contribution >= 0.6 is 0 Å². The topological polar surface area (TPSA) is 76.5 Å². The molecule has 0 saturated carbocycles. The van der Waals surface area contributed by atoms with Crippen molar-refractivity contribution in [1.29, 1.82) is 0 Å². The molecule has 2 amide bonds. The van der Waals surface area contributed by atoms with Crippen LogP contribution in [0.4, 0.5) is 11.4 Å². The molecule has 0 spiro atoms. The molecule has 0 fully saturated rings. The third-order valence-corrected chi connectivity index (χ3v) is 4.83. The summed E-state index contributed by atoms with van der Waals surface area (Å²) in [6, 6.07) is 14.5. The van der Waals surface area contributed by atoms with Crippen molar-refractivity contribution in [3.8, 4) is 11.4 Å². The Kier molecular flexibility index (Phi) is 4.15. The maximum atomic E-state index is 12.9. The number of aromatic nitrogens is 2. The first-order valence-electron chi connectivity index (χ1n) is 8.88. The van der Waals surface area contributed by atoms with Gasteiger partial charge in [0.15, 0.2) is 0 Å². The van der Waals surface area contributed by atoms with Gasteiger partial charge in [0.2, 0.25) is 0 Å². The molecule has 3 aromatic rings. The van der Waals surface area contributed by atoms with Crippen LogP contribution in [0.3, 0.4) is 0 Å². The summed E-state index contributed by atoms with van der Waals surface area (Å²) >= 11 is 0. The molecule has 0 radical (unpaired) electrons. The van der Waals surface area contributed by atoms with Crippen molar-refractivity contribution in [1.82, 2.24) is 9.78 Å². The van der Waals surface area contributed by atoms with E-state index in [0.717, 1.165) is 11.3 Å². The molecule has 2 heterocycles. The molecule has 0 aliphatic carbocycles. The average molecular weight is 376 g/mol. The van der Waals surface area contributed by atoms with Crippen LogP contribution in [-0.4, -0.2) is 34.2 Å². The third kappa shape index (κ3) is 2.90. The average Bonchev–Trinajstić information content (AvgIpc) is 3.22. The molecule has 0 bridgehead atoms. The van der Waals surface area contributed by atoms with Crippen LogP contribution in [0.25, 0.3) is 5.69 Å². The number of aryl methyl sites for hydroxylation is 1. The van der Waals surface area contributed by atoms with Gasteiger partial charge in [-0.25, -0.2) is 4.68 Å². The zero-order chi connectivity index (χ0) is 19.9. The molecule has 0 saturated heterocycles. The molecule has 2 aromatic carbocycles. The number of amides is 2. The first-order chi connectivity index (χ1) is 13.4. The van der Waals surface area contributed by atoms with E-state index in [4.69, 9.17) is 4.74 Å². The molecule has 7 nitrogen and oxygen atoms in total. The Morgan fingerprint density at radius 2 is 1.93 bits per heavy atom. The highest BCUT2D eigenvalue weighted by Crippen LogP contribution is 2.38. The molecule has 1 N–H and O–H groups in total. The van der Waals surface area contributed by atoms with Crippen LogP contribution in [0.15, 0.2) is 60.9 Å². The number of nitrogens with one attached hydrogen (secondary N) is 1. The van der Waals surface area contributed by atoms with E-state index >= 15 is 0 Å². The summed E-state index contributed by atoms with van der Waals surface area (Å²) < 4.78 is 7.57. The van der Waals surface area contributed by atoms with Gasteiger partial charge >= 0.3 is 0 Å². The SMILES string of the molecule is Cc1ccc2c(c1)N(C)C(=O)C(C)(C(=O)Nc1ccc(-n3cccn3)cc1)O2. The van der Waals surface area contributed by atoms with Crippen molar-refractivity contribution >= 4 is 23.2 Å². The number of anilines is 2. The van der Waals surface area contributed by atoms with Gasteiger partial charge in [-0.1, -0.05) is 6.07 Å². The standard InChI is InChI=1S/C21H20N4O3/c1-14-5-10-18-17(13-14)24(3)20(27)21(2,28-18)19(26)23-15-6-8-16(9-7-15)25-12-4-11-22-25/h4-13H,1-3H3,(H,23,26). The largest absolute Gasteiger partial charge is 0.465 e. The lowest BCUT2D eigenvalue weighted by Gasteiger charge is -2.38. The summed E-state index contributed by atoms with van der Waals surface area (Å²) in [7, 11) is 1.65. The summed E-state index contributed by atoms with van der Waals surface area (Å²) in [5.41, 5.74) is 1.43. The molecule has 4 rings (SSSR count). The molecule has 1 atom stereocenters. The zero-order valence-electron chi connectivity index (χ0n) is 15.8. The van der Waals surface area contributed by atoms with E-state index in [0.29, 0.717) is 17.1 Å². The second kappa shape index (κ2) is 6.53. The maximum absolute atomic E-state index is 12.9. The van der Waals surface area contributed by atoms with Gasteiger partial charge in [-0.05, 0) is 61.9 Å². The van der Waals surface area contributed by atoms with Gasteiger partial charge in [0.05, 0.1) is 11.4 Å². The molecule has 28 heavy (non-hydrogen) atoms. The molecule has 1 aliphatic heterocycles. The highest BCUT2D eigenvalue weighted by molar-refractivity contribution is 6.19. The van der Waals surface area contributed by atoms with E-state index in [1.54, 1.807) is 36.1 Å². The van der Waals surface area contributed by atoms with Crippen LogP contribution in [0.5, 0.6) is 5.75 Å². The monoisotopic (exact) mass is 376 g/mol. The number of likely N-dealkylation sites (N-methyl/N-ethyl adjacent to an activating group) is 1. The lowest BCUT2D eigenvalue weighted by molar-refractivity contribution is -0.144. The molecular weight excluding hydrogens is 356 g/mol. The number of fused-ring (bicyclic) bond motifs is 1. The Balaban J connectivity index is 1.57. The van der Waals surface area contributed by atoms with Crippen molar-refractivity contribution in [2.24, 2.45) is 0 Å². The fourth-order valence-corrected chi connectivity index (χ4v) is 3.18. The molecule has 7 heteroatoms. The van der Waals surface area contributed by atoms with Crippen LogP contribution in [0, 0.1) is 6.92 Å². The van der Waals surface area contributed by atoms with Gasteiger partial charge in [0.1, 0.15) is 5.75 Å². The van der Waals surface area contributed by atoms with E-state index < -0.39 is 17.4 Å². The number of benzene rings is 2. The molecular formula is C21H20N4O3. The Bertz CT molecular complexity index is 1040. The quantitative estimate of drug-likeness (QED) is 0.713. The van der Waals surface area contributed by atoms with Gasteiger partial charge in [-0.2, -0.15) is 5.10 Å². The van der Waals surface area contributed by atoms with Crippen molar-refractivity contribution in [2.75, 3.05) is 17.3 Å². The van der Waals surface area contributed by atoms with Gasteiger partial charge in [0.25, 0.3) is 17.4 Å². The Labute approximate surface area is 162 Å². The van der Waals surface area contributed by atoms with Gasteiger partial charge < -0.3 is 15.0 Å². The number of carbonyl (C=O) groups is 2. The summed E-state index contributed by atoms with van der Waals surface area (Å²) in [6.45, 7) is 3.42. The van der Waals surface area contributed by atoms with Gasteiger partial charge in [-0.15, -0.1) is 0 Å². The number of hydrogen-bond acceptors (Lipinski definition) is 4. The summed E-state index contributed by atoms with van der Waals surface area (Å²) in [6.07, 6.45) is 3.52. The summed E-state index contributed by atoms with van der Waals surface area (Å²) in [5.74, 6) is -0.446. The number of carbonyl (C=O) groups excluding carboxylic acids is 2. The molecule has 142 valence electrons. The Morgan fingerprint density at radius 1 is 1.18 bits per heavy atom. The number of rotatable bonds is 3. The summed E-state index contributed by atoms with van der Waals surface area (Å²) in [5, 5.41) is 6.94. The minimum atomic E-state index is -1.66. The van der Waals surface area contributed by atoms with E-state index in [-0.39, 0.29) is 0 Å². The minimum Gasteiger partial charge on any atom is -0.465 e. The van der Waals surface area contributed by atoms with Crippen LogP contribution in [0.1, 0.15) is 12.5 Å². The Hall–Kier alpha value is -3.61. The maximum Gasteiger partial charge on any atom is 0.280 e. The normalized spacial score (nSPS) is 18.4. The smallest absolute Gasteiger partial charge is 0.280 e. The fourth-order valence-electron chi connectivity index (χ4n) is 3.18. The molecule has 1 aromatic heterocycles. The van der Waals surface area contributed by atoms with Crippen molar-refractivity contribution in [3.63, 3.8) is 0 Å². The number of ether oxygens (including phenoxy) is 1. The second-order valence-electron chi connectivity index (χ2n) is 6.92. The first kappa shape index (κ1) is 17.8. The van der Waals surface area contributed by atoms with Crippen LogP contribution < -0.4 is 15.0 Å². The van der Waals surface area contributed by atoms with Crippen molar-refractivity contribution < 1.29 is 14.3 Å². The lowest BCUT2D eigenvalue weighted by Crippen LogP contribution is -2.59. The minimum absolute atomic E-state index is 0.420. The highest BCUT2D eigenvalue weighted by atomic mass is 16.5. The third-order valence-electron chi connectivity index (χ3n) is 4.83. The molecule has 1 unspecified atom stereocenters. The predicted octanol–water partition coefficient (Wildman–Crippen LogP) is 2.93. The molecule has 1 aliphatic rings. The lowest BCUT2D eigenvalue weighted by atomic mass is 9.99. The van der Waals surface area contributed by atoms with Crippen molar-refractivity contribution in [3.05, 3.63) is 66.5 Å². The van der Waals surface area contributed by atoms with Crippen LogP contribution in [-0.2, 0) is 9.59 Å². The van der Waals surface area contributed by atoms with Gasteiger partial charge in [0, 0.05) is 25.1 Å². The first-order valence-corrected chi connectivity index (χ1v) is 8.88. The van der Waals surface area contributed by atoms with E-state index in [1.165, 1.54) is 11.8 Å². The fraction of sp³-hybridized carbons (Fsp3) is 0.190. The summed E-state index contributed by atoms with van der Waals surface area (Å²) in [4.78, 5) is 27.3. The number of hydrogen-bond donors (Lipinski definition) is 1. The van der Waals surface area contributed by atoms with Crippen LogP contribution in [0.2, 0.25) is 0 Å². The van der Waals surface area contributed by atoms with Gasteiger partial charge in [-0.3, -0.25) is 9.59 Å². The predicted molar refractivity (Wildman–Crippen MR) is 106 cm³/mol.